The number of rotatable bonds is 11. The molecule has 0 saturated heterocycles. The molecule has 4 aromatic heterocycles. The van der Waals surface area contributed by atoms with Crippen molar-refractivity contribution >= 4 is 184 Å². The molecule has 0 amide bonds. The molecule has 0 unspecified atom stereocenters. The van der Waals surface area contributed by atoms with E-state index in [0.717, 1.165) is 104 Å². The zero-order valence-electron chi connectivity index (χ0n) is 84.1. The van der Waals surface area contributed by atoms with Crippen LogP contribution in [-0.4, -0.2) is 0 Å². The van der Waals surface area contributed by atoms with Crippen molar-refractivity contribution in [3.8, 4) is 77.9 Å². The Balaban J connectivity index is 0.000000139. The van der Waals surface area contributed by atoms with Gasteiger partial charge in [0.05, 0.1) is 27.6 Å². The molecule has 149 heavy (non-hydrogen) atoms. The van der Waals surface area contributed by atoms with E-state index in [1.807, 2.05) is 28.7 Å². The summed E-state index contributed by atoms with van der Waals surface area (Å²) in [6, 6.07) is 167. The number of nitrogens with one attached hydrogen (secondary N) is 1. The Morgan fingerprint density at radius 2 is 0.517 bits per heavy atom. The summed E-state index contributed by atoms with van der Waals surface area (Å²) < 4.78 is 21.7. The van der Waals surface area contributed by atoms with E-state index in [4.69, 9.17) is 8.83 Å². The molecule has 4 aliphatic carbocycles. The number of hydrogen-bond acceptors (Lipinski definition) is 7. The molecule has 0 aliphatic heterocycles. The lowest BCUT2D eigenvalue weighted by molar-refractivity contribution is 0.590. The Kier molecular flexibility index (Phi) is 21.8. The molecule has 0 atom stereocenters. The second kappa shape index (κ2) is 35.4. The Hall–Kier alpha value is -16.0. The lowest BCUT2D eigenvalue weighted by atomic mass is 9.70. The quantitative estimate of drug-likeness (QED) is 0.140. The predicted molar refractivity (Wildman–Crippen MR) is 639 cm³/mol. The Morgan fingerprint density at radius 1 is 0.242 bits per heavy atom. The second-order valence-corrected chi connectivity index (χ2v) is 46.9. The number of anilines is 8. The molecule has 4 heterocycles. The van der Waals surface area contributed by atoms with Gasteiger partial charge >= 0.3 is 0 Å². The van der Waals surface area contributed by atoms with Crippen molar-refractivity contribution in [1.82, 2.24) is 0 Å². The van der Waals surface area contributed by atoms with Crippen LogP contribution in [-0.2, 0) is 27.1 Å². The lowest BCUT2D eigenvalue weighted by Crippen LogP contribution is -2.26. The fourth-order valence-electron chi connectivity index (χ4n) is 24.5. The molecule has 4 aliphatic rings. The van der Waals surface area contributed by atoms with Gasteiger partial charge < -0.3 is 24.0 Å². The Morgan fingerprint density at radius 3 is 0.919 bits per heavy atom. The van der Waals surface area contributed by atoms with Crippen LogP contribution in [0, 0.1) is 0 Å². The van der Waals surface area contributed by atoms with Gasteiger partial charge in [-0.2, -0.15) is 0 Å². The summed E-state index contributed by atoms with van der Waals surface area (Å²) in [5.41, 5.74) is 42.6. The first kappa shape index (κ1) is 91.7. The zero-order chi connectivity index (χ0) is 101. The van der Waals surface area contributed by atoms with Gasteiger partial charge in [-0.3, -0.25) is 0 Å². The average Bonchev–Trinajstić information content (AvgIpc) is 1.49. The molecule has 9 heteroatoms. The van der Waals surface area contributed by atoms with Crippen molar-refractivity contribution in [2.75, 3.05) is 15.1 Å². The van der Waals surface area contributed by atoms with Crippen LogP contribution in [0.15, 0.2) is 473 Å². The second-order valence-electron chi connectivity index (χ2n) is 43.1. The van der Waals surface area contributed by atoms with Gasteiger partial charge in [-0.15, -0.1) is 22.7 Å². The van der Waals surface area contributed by atoms with E-state index in [1.165, 1.54) is 174 Å². The van der Waals surface area contributed by atoms with Crippen LogP contribution in [0.5, 0.6) is 0 Å². The van der Waals surface area contributed by atoms with Crippen molar-refractivity contribution in [3.05, 3.63) is 525 Å². The van der Waals surface area contributed by atoms with Crippen LogP contribution in [0.3, 0.4) is 0 Å². The lowest BCUT2D eigenvalue weighted by Gasteiger charge is -2.34. The first-order valence-electron chi connectivity index (χ1n) is 51.4. The van der Waals surface area contributed by atoms with E-state index in [9.17, 15) is 0 Å². The summed E-state index contributed by atoms with van der Waals surface area (Å²) in [5.74, 6) is 0. The third-order valence-corrected chi connectivity index (χ3v) is 35.1. The number of nitrogens with zero attached hydrogens (tertiary/aromatic N) is 2. The Labute approximate surface area is 893 Å². The molecular formula is C140H103Br2N3O2S2. The summed E-state index contributed by atoms with van der Waals surface area (Å²) >= 11 is 11.9. The first-order chi connectivity index (χ1) is 72.6. The maximum atomic E-state index is 7.63. The molecule has 21 aromatic carbocycles. The number of furan rings is 2. The number of fused-ring (bicyclic) bond motifs is 36. The zero-order valence-corrected chi connectivity index (χ0v) is 88.9. The van der Waals surface area contributed by atoms with Crippen LogP contribution < -0.4 is 15.1 Å². The predicted octanol–water partition coefficient (Wildman–Crippen LogP) is 41.4. The normalized spacial score (nSPS) is 13.2. The molecule has 1 N–H and O–H groups in total. The maximum absolute atomic E-state index is 7.63. The van der Waals surface area contributed by atoms with Crippen molar-refractivity contribution in [2.24, 2.45) is 0 Å². The van der Waals surface area contributed by atoms with Gasteiger partial charge in [0.25, 0.3) is 0 Å². The number of hydrogen-bond donors (Lipinski definition) is 1. The van der Waals surface area contributed by atoms with E-state index >= 15 is 0 Å². The summed E-state index contributed by atoms with van der Waals surface area (Å²) in [5, 5.41) is 12.9. The number of para-hydroxylation sites is 2. The van der Waals surface area contributed by atoms with Crippen molar-refractivity contribution in [2.45, 2.75) is 89.4 Å². The number of halogens is 2. The molecule has 716 valence electrons. The largest absolute Gasteiger partial charge is 0.455 e. The van der Waals surface area contributed by atoms with Gasteiger partial charge in [-0.1, -0.05) is 428 Å². The van der Waals surface area contributed by atoms with Crippen LogP contribution in [0.25, 0.3) is 162 Å². The molecular weight excluding hydrogens is 1980 g/mol. The van der Waals surface area contributed by atoms with E-state index in [0.29, 0.717) is 0 Å². The Bertz CT molecular complexity index is 9170. The minimum atomic E-state index is -0.781. The van der Waals surface area contributed by atoms with E-state index < -0.39 is 10.8 Å². The summed E-state index contributed by atoms with van der Waals surface area (Å²) in [6.07, 6.45) is 0. The minimum Gasteiger partial charge on any atom is -0.455 e. The minimum absolute atomic E-state index is 0.0234. The van der Waals surface area contributed by atoms with Gasteiger partial charge in [0.2, 0.25) is 0 Å². The molecule has 5 nitrogen and oxygen atoms in total. The standard InChI is InChI=1S/C81H62N2OS.C37H18Br2OS.C22H23N/c1-79(2,3)55-37-45-59(46-38-55)82(57-41-33-53(34-42-57)51-21-9-7-10-22-51)69-49-67-75(77-73(69)63-27-15-19-31-71(63)84-77)76-68(81(67)65-29-17-13-25-61(65)62-26-14-18-30-66(62)81)50-70(74-64-28-16-20-32-72(64)85-78(74)76)83(60-47-39-56(40-48-60)80(4,5)6)58-43-35-54(36-44-58)52-23-11-8-12-24-52;38-27-17-25-33(35-31(27)21-11-3-7-15-29(21)40-35)34-26(18-28(39)32-22-12-4-8-16-30(22)41-36(32)34)37(25)23-13-5-1-9-19(23)20-10-2-6-14-24(20)37;1-22(2,3)19-11-15-21(16-12-19)23-20-13-9-18(10-14-20)17-7-5-4-6-8-17/h7-50H,1-6H3;1-18H;4-16,23H,1-3H3. The van der Waals surface area contributed by atoms with E-state index in [-0.39, 0.29) is 16.2 Å². The molecule has 0 saturated carbocycles. The molecule has 0 fully saturated rings. The van der Waals surface area contributed by atoms with Crippen molar-refractivity contribution in [3.63, 3.8) is 0 Å². The third-order valence-electron chi connectivity index (χ3n) is 31.4. The highest BCUT2D eigenvalue weighted by Gasteiger charge is 2.57. The molecule has 25 aromatic rings. The van der Waals surface area contributed by atoms with Gasteiger partial charge in [-0.05, 0) is 254 Å². The van der Waals surface area contributed by atoms with Crippen molar-refractivity contribution < 1.29 is 8.83 Å². The highest BCUT2D eigenvalue weighted by molar-refractivity contribution is 9.11. The van der Waals surface area contributed by atoms with Gasteiger partial charge in [0, 0.05) is 122 Å². The van der Waals surface area contributed by atoms with E-state index in [2.05, 4.69) is 558 Å². The fourth-order valence-corrected chi connectivity index (χ4v) is 28.4. The molecule has 2 spiro atoms. The SMILES string of the molecule is Brc1cc2c(c3oc4ccccc4c13)-c1c(cc(Br)c3c1sc1ccccc13)C21c2ccccc2-c2ccccc21.CC(C)(C)c1ccc(N(c2ccc(-c3ccccc3)cc2)c2cc3c(c4oc5ccccc5c24)-c2c(cc(N(c4ccc(-c5ccccc5)cc4)c4ccc(C(C)(C)C)cc4)c4c2sc2ccccc24)C32c3ccccc3-c3ccccc32)cc1.CC(C)(C)c1ccc(Nc2ccc(-c3ccccc3)cc2)cc1. The van der Waals surface area contributed by atoms with Gasteiger partial charge in [0.1, 0.15) is 22.3 Å². The first-order valence-corrected chi connectivity index (χ1v) is 54.7. The van der Waals surface area contributed by atoms with E-state index in [1.54, 1.807) is 0 Å². The topological polar surface area (TPSA) is 44.8 Å². The summed E-state index contributed by atoms with van der Waals surface area (Å²) in [4.78, 5) is 5.04. The number of thiophene rings is 2. The maximum Gasteiger partial charge on any atom is 0.145 e. The average molecular weight is 2080 g/mol. The van der Waals surface area contributed by atoms with Crippen molar-refractivity contribution in [1.29, 1.82) is 0 Å². The third kappa shape index (κ3) is 14.7. The monoisotopic (exact) mass is 2080 g/mol. The molecule has 29 rings (SSSR count). The van der Waals surface area contributed by atoms with Crippen LogP contribution in [0.4, 0.5) is 45.5 Å². The van der Waals surface area contributed by atoms with Crippen LogP contribution in [0.2, 0.25) is 0 Å². The van der Waals surface area contributed by atoms with Crippen LogP contribution >= 0.6 is 54.5 Å². The highest BCUT2D eigenvalue weighted by Crippen LogP contribution is 2.71. The fraction of sp³-hybridized carbons (Fsp3) is 0.100. The highest BCUT2D eigenvalue weighted by atomic mass is 79.9. The summed E-state index contributed by atoms with van der Waals surface area (Å²) in [7, 11) is 0. The number of benzene rings is 21. The molecule has 0 bridgehead atoms. The van der Waals surface area contributed by atoms with Crippen LogP contribution in [0.1, 0.15) is 124 Å². The molecule has 0 radical (unpaired) electrons. The summed E-state index contributed by atoms with van der Waals surface area (Å²) in [6.45, 7) is 20.5. The van der Waals surface area contributed by atoms with Gasteiger partial charge in [-0.25, -0.2) is 0 Å². The smallest absolute Gasteiger partial charge is 0.145 e. The van der Waals surface area contributed by atoms with Gasteiger partial charge in [0.15, 0.2) is 0 Å².